The topological polar surface area (TPSA) is 20.2 Å². The van der Waals surface area contributed by atoms with Gasteiger partial charge in [-0.2, -0.15) is 0 Å². The van der Waals surface area contributed by atoms with E-state index in [-0.39, 0.29) is 0 Å². The van der Waals surface area contributed by atoms with E-state index in [4.69, 9.17) is 46.4 Å². The lowest BCUT2D eigenvalue weighted by atomic mass is 10.0. The summed E-state index contributed by atoms with van der Waals surface area (Å²) < 4.78 is 1.05. The Labute approximate surface area is 129 Å². The summed E-state index contributed by atoms with van der Waals surface area (Å²) in [5.41, 5.74) is 1.43. The van der Waals surface area contributed by atoms with Crippen molar-refractivity contribution in [1.82, 2.24) is 0 Å². The van der Waals surface area contributed by atoms with Crippen LogP contribution in [0.2, 0.25) is 18.7 Å². The summed E-state index contributed by atoms with van der Waals surface area (Å²) in [6.45, 7) is 0. The summed E-state index contributed by atoms with van der Waals surface area (Å²) in [4.78, 5) is 0. The van der Waals surface area contributed by atoms with Crippen molar-refractivity contribution in [3.63, 3.8) is 0 Å². The van der Waals surface area contributed by atoms with Crippen molar-refractivity contribution in [2.45, 2.75) is 12.5 Å². The molecule has 18 heavy (non-hydrogen) atoms. The third-order valence-corrected chi connectivity index (χ3v) is 4.58. The fourth-order valence-electron chi connectivity index (χ4n) is 1.59. The molecule has 0 aliphatic heterocycles. The number of benzene rings is 1. The zero-order valence-electron chi connectivity index (χ0n) is 8.96. The third kappa shape index (κ3) is 3.32. The van der Waals surface area contributed by atoms with E-state index in [1.807, 2.05) is 0 Å². The largest absolute Gasteiger partial charge is 0.388 e. The molecule has 1 N–H and O–H groups in total. The highest BCUT2D eigenvalue weighted by molar-refractivity contribution is 7.20. The van der Waals surface area contributed by atoms with E-state index in [2.05, 4.69) is 0 Å². The maximum atomic E-state index is 10.1. The Morgan fingerprint density at radius 1 is 1.11 bits per heavy atom. The van der Waals surface area contributed by atoms with Crippen molar-refractivity contribution in [2.24, 2.45) is 0 Å². The molecule has 96 valence electrons. The first-order chi connectivity index (χ1) is 8.47. The summed E-state index contributed by atoms with van der Waals surface area (Å²) >= 11 is 24.9. The van der Waals surface area contributed by atoms with Crippen LogP contribution in [-0.2, 0) is 6.42 Å². The van der Waals surface area contributed by atoms with Crippen molar-refractivity contribution in [2.75, 3.05) is 0 Å². The van der Waals surface area contributed by atoms with Crippen molar-refractivity contribution < 1.29 is 5.11 Å². The zero-order chi connectivity index (χ0) is 13.3. The highest BCUT2D eigenvalue weighted by Crippen LogP contribution is 2.36. The van der Waals surface area contributed by atoms with Crippen LogP contribution in [0, 0.1) is 0 Å². The van der Waals surface area contributed by atoms with Crippen LogP contribution in [-0.4, -0.2) is 5.11 Å². The van der Waals surface area contributed by atoms with Gasteiger partial charge in [-0.3, -0.25) is 0 Å². The summed E-state index contributed by atoms with van der Waals surface area (Å²) in [7, 11) is 0. The van der Waals surface area contributed by atoms with Gasteiger partial charge in [0, 0.05) is 22.0 Å². The molecule has 0 spiro atoms. The van der Waals surface area contributed by atoms with Crippen molar-refractivity contribution in [3.8, 4) is 0 Å². The molecule has 2 rings (SSSR count). The fraction of sp³-hybridized carbons (Fsp3) is 0.167. The molecule has 6 heteroatoms. The molecule has 0 radical (unpaired) electrons. The van der Waals surface area contributed by atoms with Gasteiger partial charge in [0.1, 0.15) is 4.34 Å². The monoisotopic (exact) mass is 340 g/mol. The molecule has 1 aromatic carbocycles. The summed E-state index contributed by atoms with van der Waals surface area (Å²) in [5.74, 6) is 0. The molecule has 1 heterocycles. The molecule has 1 unspecified atom stereocenters. The second-order valence-corrected chi connectivity index (χ2v) is 6.86. The summed E-state index contributed by atoms with van der Waals surface area (Å²) in [6, 6.07) is 6.84. The zero-order valence-corrected chi connectivity index (χ0v) is 12.8. The fourth-order valence-corrected chi connectivity index (χ4v) is 3.64. The Kier molecular flexibility index (Phi) is 4.81. The minimum atomic E-state index is -0.736. The lowest BCUT2D eigenvalue weighted by Gasteiger charge is -2.11. The number of aliphatic hydroxyl groups excluding tert-OH is 1. The number of thiophene rings is 1. The highest BCUT2D eigenvalue weighted by Gasteiger charge is 2.16. The SMILES string of the molecule is OC(Cc1ccc(Cl)cc1Cl)c1cc(Cl)sc1Cl. The molecule has 1 nitrogen and oxygen atoms in total. The maximum absolute atomic E-state index is 10.1. The molecule has 0 saturated heterocycles. The molecule has 0 saturated carbocycles. The average molecular weight is 342 g/mol. The Hall–Kier alpha value is 0.0400. The van der Waals surface area contributed by atoms with Gasteiger partial charge in [0.05, 0.1) is 10.4 Å². The van der Waals surface area contributed by atoms with Gasteiger partial charge in [-0.15, -0.1) is 11.3 Å². The van der Waals surface area contributed by atoms with Crippen LogP contribution in [0.4, 0.5) is 0 Å². The molecule has 1 aromatic heterocycles. The standard InChI is InChI=1S/C12H8Cl4OS/c13-7-2-1-6(9(14)4-7)3-10(17)8-5-11(15)18-12(8)16/h1-2,4-5,10,17H,3H2. The summed E-state index contributed by atoms with van der Waals surface area (Å²) in [6.07, 6.45) is -0.372. The number of rotatable bonds is 3. The number of aliphatic hydroxyl groups is 1. The maximum Gasteiger partial charge on any atom is 0.100 e. The summed E-state index contributed by atoms with van der Waals surface area (Å²) in [5, 5.41) is 11.2. The third-order valence-electron chi connectivity index (χ3n) is 2.47. The van der Waals surface area contributed by atoms with Crippen molar-refractivity contribution in [3.05, 3.63) is 54.1 Å². The Balaban J connectivity index is 2.21. The first kappa shape index (κ1) is 14.4. The van der Waals surface area contributed by atoms with Gasteiger partial charge in [0.15, 0.2) is 0 Å². The van der Waals surface area contributed by atoms with E-state index in [9.17, 15) is 5.11 Å². The molecular weight excluding hydrogens is 334 g/mol. The van der Waals surface area contributed by atoms with Gasteiger partial charge in [-0.05, 0) is 23.8 Å². The Morgan fingerprint density at radius 3 is 2.39 bits per heavy atom. The molecular formula is C12H8Cl4OS. The first-order valence-electron chi connectivity index (χ1n) is 5.04. The van der Waals surface area contributed by atoms with Gasteiger partial charge in [0.25, 0.3) is 0 Å². The van der Waals surface area contributed by atoms with Crippen LogP contribution in [0.25, 0.3) is 0 Å². The minimum absolute atomic E-state index is 0.364. The Morgan fingerprint density at radius 2 is 1.83 bits per heavy atom. The van der Waals surface area contributed by atoms with Gasteiger partial charge < -0.3 is 5.11 Å². The van der Waals surface area contributed by atoms with Crippen molar-refractivity contribution in [1.29, 1.82) is 0 Å². The van der Waals surface area contributed by atoms with Crippen LogP contribution in [0.5, 0.6) is 0 Å². The number of halogens is 4. The van der Waals surface area contributed by atoms with E-state index in [0.29, 0.717) is 30.7 Å². The van der Waals surface area contributed by atoms with Gasteiger partial charge in [-0.1, -0.05) is 52.5 Å². The molecule has 0 fully saturated rings. The van der Waals surface area contributed by atoms with Gasteiger partial charge in [0.2, 0.25) is 0 Å². The van der Waals surface area contributed by atoms with E-state index in [0.717, 1.165) is 5.56 Å². The quantitative estimate of drug-likeness (QED) is 0.766. The second-order valence-electron chi connectivity index (χ2n) is 3.74. The van der Waals surface area contributed by atoms with Crippen molar-refractivity contribution >= 4 is 57.7 Å². The number of hydrogen-bond donors (Lipinski definition) is 1. The molecule has 0 amide bonds. The van der Waals surface area contributed by atoms with E-state index in [1.165, 1.54) is 11.3 Å². The molecule has 0 aliphatic carbocycles. The molecule has 0 bridgehead atoms. The number of hydrogen-bond acceptors (Lipinski definition) is 2. The van der Waals surface area contributed by atoms with Gasteiger partial charge >= 0.3 is 0 Å². The van der Waals surface area contributed by atoms with Crippen LogP contribution in [0.15, 0.2) is 24.3 Å². The average Bonchev–Trinajstić information content (AvgIpc) is 2.62. The van der Waals surface area contributed by atoms with Gasteiger partial charge in [-0.25, -0.2) is 0 Å². The molecule has 0 aliphatic rings. The normalized spacial score (nSPS) is 12.7. The Bertz CT molecular complexity index is 567. The molecule has 2 aromatic rings. The van der Waals surface area contributed by atoms with Crippen LogP contribution >= 0.6 is 57.7 Å². The lowest BCUT2D eigenvalue weighted by Crippen LogP contribution is -2.01. The smallest absolute Gasteiger partial charge is 0.100 e. The predicted molar refractivity (Wildman–Crippen MR) is 79.5 cm³/mol. The van der Waals surface area contributed by atoms with E-state index in [1.54, 1.807) is 24.3 Å². The van der Waals surface area contributed by atoms with Crippen LogP contribution in [0.3, 0.4) is 0 Å². The van der Waals surface area contributed by atoms with Crippen LogP contribution < -0.4 is 0 Å². The van der Waals surface area contributed by atoms with E-state index < -0.39 is 6.10 Å². The first-order valence-corrected chi connectivity index (χ1v) is 7.37. The predicted octanol–water partition coefficient (Wildman–Crippen LogP) is 5.64. The van der Waals surface area contributed by atoms with Crippen LogP contribution in [0.1, 0.15) is 17.2 Å². The highest BCUT2D eigenvalue weighted by atomic mass is 35.5. The minimum Gasteiger partial charge on any atom is -0.388 e. The molecule has 1 atom stereocenters. The lowest BCUT2D eigenvalue weighted by molar-refractivity contribution is 0.179. The van der Waals surface area contributed by atoms with E-state index >= 15 is 0 Å². The second kappa shape index (κ2) is 6.00.